The standard InChI is InChI=1S/C15H15FI.CHF3O3S/c1-10-8-11(2)15(12(3)9-10)17-14-7-5-4-6-13(14)16;2-1(3,4)8(5,6)7/h4-9H,1-3H3;(H,5,6,7)/q+1;/p-1. The summed E-state index contributed by atoms with van der Waals surface area (Å²) in [6.45, 7) is 6.34. The van der Waals surface area contributed by atoms with Crippen molar-refractivity contribution in [3.8, 4) is 0 Å². The van der Waals surface area contributed by atoms with Crippen LogP contribution in [0.5, 0.6) is 0 Å². The predicted octanol–water partition coefficient (Wildman–Crippen LogP) is 0.931. The lowest BCUT2D eigenvalue weighted by Crippen LogP contribution is -3.62. The molecule has 25 heavy (non-hydrogen) atoms. The minimum absolute atomic E-state index is 0.0697. The van der Waals surface area contributed by atoms with Crippen LogP contribution in [0.15, 0.2) is 36.4 Å². The largest absolute Gasteiger partial charge is 0.741 e. The van der Waals surface area contributed by atoms with E-state index < -0.39 is 36.8 Å². The van der Waals surface area contributed by atoms with E-state index in [-0.39, 0.29) is 5.82 Å². The number of halogens is 5. The monoisotopic (exact) mass is 490 g/mol. The molecule has 0 spiro atoms. The van der Waals surface area contributed by atoms with Crippen LogP contribution in [0.2, 0.25) is 0 Å². The number of alkyl halides is 3. The van der Waals surface area contributed by atoms with E-state index in [1.54, 1.807) is 12.1 Å². The smallest absolute Gasteiger partial charge is 0.485 e. The van der Waals surface area contributed by atoms with Gasteiger partial charge in [0.2, 0.25) is 3.57 Å². The minimum Gasteiger partial charge on any atom is -0.741 e. The van der Waals surface area contributed by atoms with Crippen molar-refractivity contribution in [1.29, 1.82) is 0 Å². The van der Waals surface area contributed by atoms with Crippen molar-refractivity contribution in [3.05, 3.63) is 66.0 Å². The Morgan fingerprint density at radius 1 is 1.00 bits per heavy atom. The van der Waals surface area contributed by atoms with Crippen molar-refractivity contribution in [1.82, 2.24) is 0 Å². The molecule has 0 amide bonds. The molecule has 0 fully saturated rings. The Balaban J connectivity index is 0.000000333. The maximum absolute atomic E-state index is 13.6. The zero-order chi connectivity index (χ0) is 19.4. The van der Waals surface area contributed by atoms with Crippen molar-refractivity contribution >= 4 is 10.1 Å². The highest BCUT2D eigenvalue weighted by atomic mass is 127. The Morgan fingerprint density at radius 2 is 1.44 bits per heavy atom. The molecule has 2 aromatic carbocycles. The van der Waals surface area contributed by atoms with E-state index in [1.807, 2.05) is 12.1 Å². The fourth-order valence-corrected chi connectivity index (χ4v) is 4.50. The van der Waals surface area contributed by atoms with Crippen LogP contribution in [0.25, 0.3) is 0 Å². The second kappa shape index (κ2) is 8.45. The first-order valence-corrected chi connectivity index (χ1v) is 10.4. The van der Waals surface area contributed by atoms with E-state index in [4.69, 9.17) is 13.0 Å². The molecule has 0 aliphatic rings. The normalized spacial score (nSPS) is 11.7. The van der Waals surface area contributed by atoms with Crippen LogP contribution in [0.4, 0.5) is 17.6 Å². The van der Waals surface area contributed by atoms with Crippen LogP contribution in [-0.4, -0.2) is 18.5 Å². The van der Waals surface area contributed by atoms with E-state index in [0.29, 0.717) is 0 Å². The summed E-state index contributed by atoms with van der Waals surface area (Å²) in [5.74, 6) is -0.0697. The van der Waals surface area contributed by atoms with Crippen molar-refractivity contribution in [2.24, 2.45) is 0 Å². The third-order valence-corrected chi connectivity index (χ3v) is 7.15. The van der Waals surface area contributed by atoms with E-state index in [1.165, 1.54) is 20.3 Å². The highest BCUT2D eigenvalue weighted by Gasteiger charge is 2.36. The maximum Gasteiger partial charge on any atom is 0.485 e. The summed E-state index contributed by atoms with van der Waals surface area (Å²) < 4.78 is 74.8. The zero-order valence-corrected chi connectivity index (χ0v) is 16.5. The molecule has 3 nitrogen and oxygen atoms in total. The molecule has 138 valence electrons. The second-order valence-electron chi connectivity index (χ2n) is 5.12. The van der Waals surface area contributed by atoms with Gasteiger partial charge in [-0.25, -0.2) is 12.8 Å². The molecule has 0 bridgehead atoms. The first-order chi connectivity index (χ1) is 11.3. The van der Waals surface area contributed by atoms with Gasteiger partial charge in [0.1, 0.15) is 0 Å². The van der Waals surface area contributed by atoms with Crippen LogP contribution < -0.4 is 21.2 Å². The Kier molecular flexibility index (Phi) is 7.39. The molecule has 2 rings (SSSR count). The Morgan fingerprint density at radius 3 is 1.84 bits per heavy atom. The molecule has 0 atom stereocenters. The summed E-state index contributed by atoms with van der Waals surface area (Å²) in [7, 11) is -6.09. The average molecular weight is 490 g/mol. The van der Waals surface area contributed by atoms with Crippen LogP contribution in [0, 0.1) is 33.7 Å². The molecular formula is C16H15F4IO3S. The average Bonchev–Trinajstić information content (AvgIpc) is 2.43. The quantitative estimate of drug-likeness (QED) is 0.273. The summed E-state index contributed by atoms with van der Waals surface area (Å²) in [5.41, 5.74) is -1.79. The molecule has 0 aliphatic heterocycles. The Hall–Kier alpha value is -1.20. The van der Waals surface area contributed by atoms with E-state index >= 15 is 0 Å². The molecule has 0 unspecified atom stereocenters. The Bertz CT molecular complexity index is 826. The van der Waals surface area contributed by atoms with Gasteiger partial charge < -0.3 is 4.55 Å². The van der Waals surface area contributed by atoms with E-state index in [9.17, 15) is 17.6 Å². The van der Waals surface area contributed by atoms with E-state index in [0.717, 1.165) is 3.57 Å². The molecule has 0 saturated heterocycles. The molecular weight excluding hydrogens is 475 g/mol. The van der Waals surface area contributed by atoms with Gasteiger partial charge in [0.25, 0.3) is 0 Å². The van der Waals surface area contributed by atoms with Gasteiger partial charge in [-0.2, -0.15) is 13.2 Å². The van der Waals surface area contributed by atoms with Gasteiger partial charge >= 0.3 is 26.7 Å². The summed E-state index contributed by atoms with van der Waals surface area (Å²) in [6.07, 6.45) is 0. The minimum atomic E-state index is -6.09. The number of hydrogen-bond donors (Lipinski definition) is 0. The fourth-order valence-electron chi connectivity index (χ4n) is 1.93. The first-order valence-electron chi connectivity index (χ1n) is 6.82. The zero-order valence-electron chi connectivity index (χ0n) is 13.5. The molecule has 9 heteroatoms. The summed E-state index contributed by atoms with van der Waals surface area (Å²) in [5, 5.41) is 0. The van der Waals surface area contributed by atoms with Gasteiger partial charge in [0.05, 0.1) is 0 Å². The number of rotatable bonds is 2. The molecule has 2 aromatic rings. The third-order valence-electron chi connectivity index (χ3n) is 2.88. The molecule has 0 heterocycles. The highest BCUT2D eigenvalue weighted by Crippen LogP contribution is 2.20. The first kappa shape index (κ1) is 21.8. The van der Waals surface area contributed by atoms with Gasteiger partial charge in [-0.15, -0.1) is 0 Å². The van der Waals surface area contributed by atoms with Crippen LogP contribution in [0.3, 0.4) is 0 Å². The van der Waals surface area contributed by atoms with Gasteiger partial charge in [0.15, 0.2) is 19.5 Å². The Labute approximate surface area is 154 Å². The van der Waals surface area contributed by atoms with Gasteiger partial charge in [0, 0.05) is 11.1 Å². The molecule has 0 aliphatic carbocycles. The molecule has 0 N–H and O–H groups in total. The van der Waals surface area contributed by atoms with Crippen LogP contribution in [0.1, 0.15) is 16.7 Å². The third kappa shape index (κ3) is 6.55. The van der Waals surface area contributed by atoms with E-state index in [2.05, 4.69) is 32.9 Å². The lowest BCUT2D eigenvalue weighted by atomic mass is 10.1. The van der Waals surface area contributed by atoms with Crippen molar-refractivity contribution in [3.63, 3.8) is 0 Å². The summed E-state index contributed by atoms with van der Waals surface area (Å²) in [6, 6.07) is 11.5. The van der Waals surface area contributed by atoms with Gasteiger partial charge in [-0.3, -0.25) is 0 Å². The number of aryl methyl sites for hydroxylation is 3. The molecule has 0 aromatic heterocycles. The lowest BCUT2D eigenvalue weighted by molar-refractivity contribution is -0.601. The van der Waals surface area contributed by atoms with Crippen molar-refractivity contribution in [2.75, 3.05) is 0 Å². The van der Waals surface area contributed by atoms with Gasteiger partial charge in [-0.05, 0) is 32.9 Å². The topological polar surface area (TPSA) is 57.2 Å². The fraction of sp³-hybridized carbons (Fsp3) is 0.250. The highest BCUT2D eigenvalue weighted by molar-refractivity contribution is 7.86. The SMILES string of the molecule is Cc1cc(C)c([I+]c2ccccc2F)c(C)c1.O=S(=O)([O-])C(F)(F)F. The van der Waals surface area contributed by atoms with Gasteiger partial charge in [-0.1, -0.05) is 29.8 Å². The summed E-state index contributed by atoms with van der Waals surface area (Å²) in [4.78, 5) is 0. The van der Waals surface area contributed by atoms with Crippen LogP contribution >= 0.6 is 0 Å². The van der Waals surface area contributed by atoms with Crippen molar-refractivity contribution < 1.29 is 51.7 Å². The van der Waals surface area contributed by atoms with Crippen molar-refractivity contribution in [2.45, 2.75) is 26.3 Å². The maximum atomic E-state index is 13.6. The second-order valence-corrected chi connectivity index (χ2v) is 9.27. The van der Waals surface area contributed by atoms with Crippen LogP contribution in [-0.2, 0) is 10.1 Å². The number of benzene rings is 2. The number of hydrogen-bond acceptors (Lipinski definition) is 3. The predicted molar refractivity (Wildman–Crippen MR) is 80.2 cm³/mol. The summed E-state index contributed by atoms with van der Waals surface area (Å²) >= 11 is -0.424. The lowest BCUT2D eigenvalue weighted by Gasteiger charge is -2.08. The molecule has 0 saturated carbocycles. The molecule has 0 radical (unpaired) electrons.